The third-order valence-corrected chi connectivity index (χ3v) is 4.20. The Morgan fingerprint density at radius 2 is 1.87 bits per heavy atom. The van der Waals surface area contributed by atoms with E-state index in [1.807, 2.05) is 25.1 Å². The summed E-state index contributed by atoms with van der Waals surface area (Å²) < 4.78 is 13.6. The van der Waals surface area contributed by atoms with Crippen molar-refractivity contribution < 1.29 is 4.39 Å². The van der Waals surface area contributed by atoms with Crippen LogP contribution >= 0.6 is 0 Å². The maximum absolute atomic E-state index is 13.6. The molecule has 23 heavy (non-hydrogen) atoms. The van der Waals surface area contributed by atoms with Crippen LogP contribution in [0.15, 0.2) is 30.3 Å². The zero-order valence-electron chi connectivity index (χ0n) is 13.5. The van der Waals surface area contributed by atoms with E-state index in [1.165, 1.54) is 31.7 Å². The number of halogens is 1. The van der Waals surface area contributed by atoms with Crippen LogP contribution < -0.4 is 10.6 Å². The minimum absolute atomic E-state index is 0.156. The minimum Gasteiger partial charge on any atom is -0.370 e. The molecule has 1 aliphatic carbocycles. The Morgan fingerprint density at radius 1 is 1.13 bits per heavy atom. The van der Waals surface area contributed by atoms with Gasteiger partial charge in [-0.15, -0.1) is 0 Å². The van der Waals surface area contributed by atoms with Gasteiger partial charge in [0.25, 0.3) is 0 Å². The van der Waals surface area contributed by atoms with Gasteiger partial charge in [0.2, 0.25) is 0 Å². The van der Waals surface area contributed by atoms with Crippen molar-refractivity contribution >= 4 is 11.6 Å². The van der Waals surface area contributed by atoms with Crippen molar-refractivity contribution in [2.75, 3.05) is 17.2 Å². The van der Waals surface area contributed by atoms with Crippen LogP contribution in [-0.2, 0) is 6.42 Å². The number of nitrogens with zero attached hydrogens (tertiary/aromatic N) is 2. The predicted octanol–water partition coefficient (Wildman–Crippen LogP) is 3.93. The van der Waals surface area contributed by atoms with E-state index in [-0.39, 0.29) is 5.82 Å². The topological polar surface area (TPSA) is 49.8 Å². The van der Waals surface area contributed by atoms with Gasteiger partial charge in [0, 0.05) is 18.7 Å². The number of hydrogen-bond donors (Lipinski definition) is 2. The summed E-state index contributed by atoms with van der Waals surface area (Å²) in [5.41, 5.74) is 0.718. The Hall–Kier alpha value is -2.17. The molecular weight excluding hydrogens is 291 g/mol. The van der Waals surface area contributed by atoms with Crippen molar-refractivity contribution in [2.24, 2.45) is 0 Å². The molecule has 0 aliphatic heterocycles. The molecule has 0 spiro atoms. The molecule has 1 aromatic heterocycles. The second kappa shape index (κ2) is 7.40. The molecule has 1 heterocycles. The molecule has 1 saturated carbocycles. The molecule has 2 aromatic rings. The summed E-state index contributed by atoms with van der Waals surface area (Å²) in [5, 5.41) is 6.76. The number of aryl methyl sites for hydroxylation is 1. The fourth-order valence-corrected chi connectivity index (χ4v) is 3.04. The third-order valence-electron chi connectivity index (χ3n) is 4.20. The first-order valence-electron chi connectivity index (χ1n) is 8.30. The van der Waals surface area contributed by atoms with Crippen LogP contribution in [0.1, 0.15) is 37.1 Å². The van der Waals surface area contributed by atoms with Crippen LogP contribution in [0.2, 0.25) is 0 Å². The van der Waals surface area contributed by atoms with E-state index < -0.39 is 0 Å². The van der Waals surface area contributed by atoms with Crippen molar-refractivity contribution in [3.8, 4) is 0 Å². The fraction of sp³-hybridized carbons (Fsp3) is 0.444. The lowest BCUT2D eigenvalue weighted by Gasteiger charge is -2.14. The zero-order valence-corrected chi connectivity index (χ0v) is 13.5. The lowest BCUT2D eigenvalue weighted by molar-refractivity contribution is 0.610. The molecule has 3 rings (SSSR count). The molecule has 0 saturated heterocycles. The molecule has 0 atom stereocenters. The molecule has 0 radical (unpaired) electrons. The summed E-state index contributed by atoms with van der Waals surface area (Å²) in [7, 11) is 0. The maximum Gasteiger partial charge on any atom is 0.132 e. The Kier molecular flexibility index (Phi) is 5.05. The molecule has 2 N–H and O–H groups in total. The number of hydrogen-bond acceptors (Lipinski definition) is 4. The summed E-state index contributed by atoms with van der Waals surface area (Å²) in [6.07, 6.45) is 5.62. The second-order valence-corrected chi connectivity index (χ2v) is 6.08. The standard InChI is InChI=1S/C18H23FN4/c1-13-21-17(12-18(22-13)23-15-7-3-4-8-15)20-11-10-14-6-2-5-9-16(14)19/h2,5-6,9,12,15H,3-4,7-8,10-11H2,1H3,(H2,20,21,22,23). The summed E-state index contributed by atoms with van der Waals surface area (Å²) in [6, 6.07) is 9.34. The highest BCUT2D eigenvalue weighted by Gasteiger charge is 2.15. The van der Waals surface area contributed by atoms with E-state index in [1.54, 1.807) is 6.07 Å². The number of aromatic nitrogens is 2. The van der Waals surface area contributed by atoms with Gasteiger partial charge in [0.1, 0.15) is 23.3 Å². The van der Waals surface area contributed by atoms with Crippen LogP contribution in [0.5, 0.6) is 0 Å². The monoisotopic (exact) mass is 314 g/mol. The normalized spacial score (nSPS) is 14.9. The fourth-order valence-electron chi connectivity index (χ4n) is 3.04. The lowest BCUT2D eigenvalue weighted by atomic mass is 10.1. The van der Waals surface area contributed by atoms with Gasteiger partial charge >= 0.3 is 0 Å². The number of nitrogens with one attached hydrogen (secondary N) is 2. The average molecular weight is 314 g/mol. The van der Waals surface area contributed by atoms with Crippen LogP contribution in [0.25, 0.3) is 0 Å². The van der Waals surface area contributed by atoms with E-state index in [4.69, 9.17) is 0 Å². The van der Waals surface area contributed by atoms with E-state index >= 15 is 0 Å². The first kappa shape index (κ1) is 15.7. The van der Waals surface area contributed by atoms with Gasteiger partial charge in [-0.1, -0.05) is 31.0 Å². The number of rotatable bonds is 6. The average Bonchev–Trinajstić information content (AvgIpc) is 3.01. The van der Waals surface area contributed by atoms with Gasteiger partial charge in [-0.3, -0.25) is 0 Å². The van der Waals surface area contributed by atoms with Gasteiger partial charge in [0.15, 0.2) is 0 Å². The molecule has 5 heteroatoms. The third kappa shape index (κ3) is 4.41. The minimum atomic E-state index is -0.156. The molecule has 1 aromatic carbocycles. The summed E-state index contributed by atoms with van der Waals surface area (Å²) in [5.74, 6) is 2.24. The van der Waals surface area contributed by atoms with Gasteiger partial charge in [0.05, 0.1) is 0 Å². The van der Waals surface area contributed by atoms with E-state index in [0.717, 1.165) is 23.0 Å². The highest BCUT2D eigenvalue weighted by Crippen LogP contribution is 2.22. The van der Waals surface area contributed by atoms with Crippen molar-refractivity contribution in [1.29, 1.82) is 0 Å². The smallest absolute Gasteiger partial charge is 0.132 e. The Labute approximate surface area is 136 Å². The van der Waals surface area contributed by atoms with Gasteiger partial charge in [-0.25, -0.2) is 14.4 Å². The Bertz CT molecular complexity index is 653. The molecule has 0 amide bonds. The van der Waals surface area contributed by atoms with E-state index in [0.29, 0.717) is 19.0 Å². The number of benzene rings is 1. The Balaban J connectivity index is 1.59. The van der Waals surface area contributed by atoms with E-state index in [9.17, 15) is 4.39 Å². The van der Waals surface area contributed by atoms with E-state index in [2.05, 4.69) is 20.6 Å². The summed E-state index contributed by atoms with van der Waals surface area (Å²) >= 11 is 0. The molecule has 0 bridgehead atoms. The molecular formula is C18H23FN4. The molecule has 1 fully saturated rings. The van der Waals surface area contributed by atoms with Gasteiger partial charge < -0.3 is 10.6 Å². The molecule has 1 aliphatic rings. The molecule has 4 nitrogen and oxygen atoms in total. The first-order valence-corrected chi connectivity index (χ1v) is 8.30. The maximum atomic E-state index is 13.6. The van der Waals surface area contributed by atoms with Crippen molar-refractivity contribution in [3.05, 3.63) is 47.5 Å². The van der Waals surface area contributed by atoms with Crippen molar-refractivity contribution in [2.45, 2.75) is 45.1 Å². The SMILES string of the molecule is Cc1nc(NCCc2ccccc2F)cc(NC2CCCC2)n1. The zero-order chi connectivity index (χ0) is 16.1. The largest absolute Gasteiger partial charge is 0.370 e. The predicted molar refractivity (Wildman–Crippen MR) is 91.2 cm³/mol. The summed E-state index contributed by atoms with van der Waals surface area (Å²) in [6.45, 7) is 2.53. The highest BCUT2D eigenvalue weighted by molar-refractivity contribution is 5.48. The lowest BCUT2D eigenvalue weighted by Crippen LogP contribution is -2.17. The van der Waals surface area contributed by atoms with Gasteiger partial charge in [-0.05, 0) is 37.8 Å². The number of anilines is 2. The van der Waals surface area contributed by atoms with Crippen molar-refractivity contribution in [1.82, 2.24) is 9.97 Å². The van der Waals surface area contributed by atoms with Gasteiger partial charge in [-0.2, -0.15) is 0 Å². The molecule has 122 valence electrons. The second-order valence-electron chi connectivity index (χ2n) is 6.08. The summed E-state index contributed by atoms with van der Waals surface area (Å²) in [4.78, 5) is 8.86. The molecule has 0 unspecified atom stereocenters. The highest BCUT2D eigenvalue weighted by atomic mass is 19.1. The Morgan fingerprint density at radius 3 is 2.65 bits per heavy atom. The quantitative estimate of drug-likeness (QED) is 0.848. The first-order chi connectivity index (χ1) is 11.2. The van der Waals surface area contributed by atoms with Crippen LogP contribution in [0.4, 0.5) is 16.0 Å². The van der Waals surface area contributed by atoms with Crippen molar-refractivity contribution in [3.63, 3.8) is 0 Å². The van der Waals surface area contributed by atoms with Crippen LogP contribution in [-0.4, -0.2) is 22.6 Å². The van der Waals surface area contributed by atoms with Crippen LogP contribution in [0.3, 0.4) is 0 Å². The van der Waals surface area contributed by atoms with Crippen LogP contribution in [0, 0.1) is 12.7 Å².